The van der Waals surface area contributed by atoms with Gasteiger partial charge in [0.05, 0.1) is 18.2 Å². The molecule has 1 aliphatic rings. The Balaban J connectivity index is 1.19. The summed E-state index contributed by atoms with van der Waals surface area (Å²) in [6, 6.07) is 25.5. The predicted molar refractivity (Wildman–Crippen MR) is 169 cm³/mol. The van der Waals surface area contributed by atoms with Gasteiger partial charge in [-0.05, 0) is 73.0 Å². The van der Waals surface area contributed by atoms with Gasteiger partial charge in [0.1, 0.15) is 5.75 Å². The lowest BCUT2D eigenvalue weighted by Crippen LogP contribution is -2.37. The first-order chi connectivity index (χ1) is 20.8. The number of nitrogens with one attached hydrogen (secondary N) is 1. The maximum absolute atomic E-state index is 13.0. The van der Waals surface area contributed by atoms with Crippen LogP contribution in [0.15, 0.2) is 78.9 Å². The van der Waals surface area contributed by atoms with Crippen LogP contribution in [0.2, 0.25) is 0 Å². The molecule has 0 aliphatic carbocycles. The van der Waals surface area contributed by atoms with E-state index in [0.717, 1.165) is 43.5 Å². The van der Waals surface area contributed by atoms with Crippen LogP contribution in [-0.2, 0) is 19.5 Å². The number of likely N-dealkylation sites (N-methyl/N-ethyl adjacent to an activating group) is 1. The molecular formula is C36H39N3O4. The Morgan fingerprint density at radius 3 is 2.49 bits per heavy atom. The third kappa shape index (κ3) is 6.47. The molecule has 1 unspecified atom stereocenters. The van der Waals surface area contributed by atoms with Gasteiger partial charge in [-0.1, -0.05) is 67.9 Å². The van der Waals surface area contributed by atoms with Gasteiger partial charge in [0.25, 0.3) is 17.7 Å². The van der Waals surface area contributed by atoms with E-state index in [1.165, 1.54) is 27.3 Å². The minimum atomic E-state index is -0.338. The van der Waals surface area contributed by atoms with Crippen LogP contribution in [0.4, 0.5) is 0 Å². The van der Waals surface area contributed by atoms with Gasteiger partial charge in [-0.15, -0.1) is 0 Å². The van der Waals surface area contributed by atoms with E-state index in [4.69, 9.17) is 4.74 Å². The molecule has 0 saturated heterocycles. The zero-order valence-electron chi connectivity index (χ0n) is 25.4. The Morgan fingerprint density at radius 1 is 0.930 bits per heavy atom. The Morgan fingerprint density at radius 2 is 1.70 bits per heavy atom. The van der Waals surface area contributed by atoms with Crippen molar-refractivity contribution in [1.82, 2.24) is 15.1 Å². The fourth-order valence-electron chi connectivity index (χ4n) is 5.87. The summed E-state index contributed by atoms with van der Waals surface area (Å²) in [4.78, 5) is 42.4. The first-order valence-corrected chi connectivity index (χ1v) is 14.9. The summed E-state index contributed by atoms with van der Waals surface area (Å²) in [5, 5.41) is 5.50. The number of carbonyl (C=O) groups excluding carboxylic acids is 3. The van der Waals surface area contributed by atoms with Crippen LogP contribution in [0.25, 0.3) is 10.8 Å². The second-order valence-corrected chi connectivity index (χ2v) is 11.3. The number of methoxy groups -OCH3 is 1. The van der Waals surface area contributed by atoms with E-state index in [9.17, 15) is 14.4 Å². The molecule has 1 N–H and O–H groups in total. The van der Waals surface area contributed by atoms with Crippen molar-refractivity contribution in [2.75, 3.05) is 20.7 Å². The number of nitrogens with zero attached hydrogens (tertiary/aromatic N) is 2. The van der Waals surface area contributed by atoms with Crippen molar-refractivity contribution >= 4 is 28.5 Å². The SMILES string of the molecule is CCCC(C)N1C(=O)c2ccc(C(=O)NCc3ccc(CN(C)CCc4cccc5ccccc45)cc3OC)cc2C1=O. The molecule has 0 spiro atoms. The van der Waals surface area contributed by atoms with E-state index < -0.39 is 0 Å². The molecule has 4 aromatic carbocycles. The summed E-state index contributed by atoms with van der Waals surface area (Å²) < 4.78 is 5.67. The topological polar surface area (TPSA) is 79.0 Å². The number of carbonyl (C=O) groups is 3. The molecule has 0 radical (unpaired) electrons. The largest absolute Gasteiger partial charge is 0.496 e. The highest BCUT2D eigenvalue weighted by molar-refractivity contribution is 6.22. The first-order valence-electron chi connectivity index (χ1n) is 14.9. The highest BCUT2D eigenvalue weighted by Gasteiger charge is 2.38. The number of imide groups is 1. The fraction of sp³-hybridized carbons (Fsp3) is 0.306. The highest BCUT2D eigenvalue weighted by atomic mass is 16.5. The van der Waals surface area contributed by atoms with Gasteiger partial charge in [0, 0.05) is 36.8 Å². The zero-order valence-corrected chi connectivity index (χ0v) is 25.4. The highest BCUT2D eigenvalue weighted by Crippen LogP contribution is 2.28. The van der Waals surface area contributed by atoms with Crippen molar-refractivity contribution < 1.29 is 19.1 Å². The molecular weight excluding hydrogens is 538 g/mol. The van der Waals surface area contributed by atoms with Crippen LogP contribution in [0, 0.1) is 0 Å². The standard InChI is InChI=1S/C36H39N3O4/c1-5-9-24(2)39-35(41)31-17-16-28(21-32(31)36(39)42)34(40)37-22-29-15-14-25(20-33(29)43-4)23-38(3)19-18-27-12-8-11-26-10-6-7-13-30(26)27/h6-8,10-17,20-21,24H,5,9,18-19,22-23H2,1-4H3,(H,37,40). The lowest BCUT2D eigenvalue weighted by molar-refractivity contribution is 0.0589. The molecule has 222 valence electrons. The van der Waals surface area contributed by atoms with Gasteiger partial charge in [-0.25, -0.2) is 0 Å². The van der Waals surface area contributed by atoms with Crippen molar-refractivity contribution in [3.05, 3.63) is 112 Å². The molecule has 0 bridgehead atoms. The van der Waals surface area contributed by atoms with E-state index in [0.29, 0.717) is 16.9 Å². The third-order valence-corrected chi connectivity index (χ3v) is 8.21. The second-order valence-electron chi connectivity index (χ2n) is 11.3. The summed E-state index contributed by atoms with van der Waals surface area (Å²) >= 11 is 0. The monoisotopic (exact) mass is 577 g/mol. The normalized spacial score (nSPS) is 13.5. The molecule has 7 nitrogen and oxygen atoms in total. The lowest BCUT2D eigenvalue weighted by Gasteiger charge is -2.21. The summed E-state index contributed by atoms with van der Waals surface area (Å²) in [6.45, 7) is 5.85. The number of ether oxygens (including phenoxy) is 1. The smallest absolute Gasteiger partial charge is 0.261 e. The lowest BCUT2D eigenvalue weighted by atomic mass is 10.0. The molecule has 1 aliphatic heterocycles. The zero-order chi connectivity index (χ0) is 30.5. The van der Waals surface area contributed by atoms with E-state index in [1.54, 1.807) is 19.2 Å². The minimum Gasteiger partial charge on any atom is -0.496 e. The molecule has 3 amide bonds. The molecule has 1 heterocycles. The van der Waals surface area contributed by atoms with Crippen LogP contribution in [-0.4, -0.2) is 54.3 Å². The third-order valence-electron chi connectivity index (χ3n) is 8.21. The van der Waals surface area contributed by atoms with Gasteiger partial charge >= 0.3 is 0 Å². The van der Waals surface area contributed by atoms with Crippen LogP contribution in [0.5, 0.6) is 5.75 Å². The van der Waals surface area contributed by atoms with Crippen molar-refractivity contribution in [2.45, 2.75) is 52.2 Å². The van der Waals surface area contributed by atoms with Gasteiger partial charge < -0.3 is 15.0 Å². The number of benzene rings is 4. The van der Waals surface area contributed by atoms with E-state index >= 15 is 0 Å². The first kappa shape index (κ1) is 30.0. The number of fused-ring (bicyclic) bond motifs is 2. The van der Waals surface area contributed by atoms with Crippen LogP contribution < -0.4 is 10.1 Å². The fourth-order valence-corrected chi connectivity index (χ4v) is 5.87. The maximum atomic E-state index is 13.0. The van der Waals surface area contributed by atoms with Crippen LogP contribution in [0.3, 0.4) is 0 Å². The summed E-state index contributed by atoms with van der Waals surface area (Å²) in [7, 11) is 3.74. The number of amides is 3. The van der Waals surface area contributed by atoms with Crippen molar-refractivity contribution in [1.29, 1.82) is 0 Å². The number of hydrogen-bond acceptors (Lipinski definition) is 5. The number of hydrogen-bond donors (Lipinski definition) is 1. The molecule has 0 saturated carbocycles. The van der Waals surface area contributed by atoms with Crippen molar-refractivity contribution in [2.24, 2.45) is 0 Å². The van der Waals surface area contributed by atoms with Gasteiger partial charge in [-0.2, -0.15) is 0 Å². The Kier molecular flexibility index (Phi) is 9.22. The second kappa shape index (κ2) is 13.2. The predicted octanol–water partition coefficient (Wildman–Crippen LogP) is 6.24. The van der Waals surface area contributed by atoms with Crippen molar-refractivity contribution in [3.8, 4) is 5.75 Å². The average Bonchev–Trinajstić information content (AvgIpc) is 3.27. The quantitative estimate of drug-likeness (QED) is 0.202. The summed E-state index contributed by atoms with van der Waals surface area (Å²) in [6.07, 6.45) is 2.56. The Bertz CT molecular complexity index is 1660. The molecule has 1 atom stereocenters. The maximum Gasteiger partial charge on any atom is 0.261 e. The van der Waals surface area contributed by atoms with Crippen LogP contribution in [0.1, 0.15) is 74.5 Å². The van der Waals surface area contributed by atoms with E-state index in [2.05, 4.69) is 65.8 Å². The molecule has 0 fully saturated rings. The van der Waals surface area contributed by atoms with Gasteiger partial charge in [0.2, 0.25) is 0 Å². The number of rotatable bonds is 12. The van der Waals surface area contributed by atoms with Gasteiger partial charge in [-0.3, -0.25) is 19.3 Å². The van der Waals surface area contributed by atoms with E-state index in [1.807, 2.05) is 26.0 Å². The molecule has 43 heavy (non-hydrogen) atoms. The summed E-state index contributed by atoms with van der Waals surface area (Å²) in [5.41, 5.74) is 4.29. The molecule has 4 aromatic rings. The van der Waals surface area contributed by atoms with Gasteiger partial charge in [0.15, 0.2) is 0 Å². The minimum absolute atomic E-state index is 0.186. The Labute approximate surface area is 253 Å². The average molecular weight is 578 g/mol. The van der Waals surface area contributed by atoms with Crippen LogP contribution >= 0.6 is 0 Å². The molecule has 5 rings (SSSR count). The van der Waals surface area contributed by atoms with Crippen molar-refractivity contribution in [3.63, 3.8) is 0 Å². The Hall–Kier alpha value is -4.49. The van der Waals surface area contributed by atoms with E-state index in [-0.39, 0.29) is 35.9 Å². The molecule has 0 aromatic heterocycles. The molecule has 7 heteroatoms. The summed E-state index contributed by atoms with van der Waals surface area (Å²) in [5.74, 6) is -0.246.